The number of hydrogen-bond donors (Lipinski definition) is 1. The fourth-order valence-electron chi connectivity index (χ4n) is 3.94. The van der Waals surface area contributed by atoms with Crippen molar-refractivity contribution in [2.75, 3.05) is 7.11 Å². The number of carbonyl (C=O) groups is 2. The molecule has 1 fully saturated rings. The predicted octanol–water partition coefficient (Wildman–Crippen LogP) is 6.71. The highest BCUT2D eigenvalue weighted by Crippen LogP contribution is 2.36. The summed E-state index contributed by atoms with van der Waals surface area (Å²) in [5.41, 5.74) is 4.41. The van der Waals surface area contributed by atoms with Gasteiger partial charge in [0, 0.05) is 21.2 Å². The summed E-state index contributed by atoms with van der Waals surface area (Å²) in [7, 11) is 1.54. The Morgan fingerprint density at radius 2 is 1.78 bits per heavy atom. The summed E-state index contributed by atoms with van der Waals surface area (Å²) in [6.45, 7) is 6.22. The van der Waals surface area contributed by atoms with Crippen LogP contribution < -0.4 is 14.8 Å². The Morgan fingerprint density at radius 1 is 1.03 bits per heavy atom. The van der Waals surface area contributed by atoms with Gasteiger partial charge in [-0.3, -0.25) is 9.69 Å². The number of allylic oxidation sites excluding steroid dienone is 1. The molecule has 3 aromatic carbocycles. The van der Waals surface area contributed by atoms with Gasteiger partial charge in [-0.15, -0.1) is 6.58 Å². The zero-order chi connectivity index (χ0) is 26.5. The zero-order valence-corrected chi connectivity index (χ0v) is 22.0. The van der Waals surface area contributed by atoms with Gasteiger partial charge in [0.1, 0.15) is 12.3 Å². The highest BCUT2D eigenvalue weighted by atomic mass is 35.5. The first-order valence-electron chi connectivity index (χ1n) is 11.6. The van der Waals surface area contributed by atoms with Crippen LogP contribution in [0.5, 0.6) is 11.5 Å². The molecule has 0 unspecified atom stereocenters. The second-order valence-corrected chi connectivity index (χ2v) is 9.44. The smallest absolute Gasteiger partial charge is 0.329 e. The van der Waals surface area contributed by atoms with Crippen molar-refractivity contribution in [3.63, 3.8) is 0 Å². The monoisotopic (exact) mass is 536 g/mol. The quantitative estimate of drug-likeness (QED) is 0.187. The normalized spacial score (nSPS) is 14.2. The molecule has 0 aliphatic carbocycles. The van der Waals surface area contributed by atoms with Crippen LogP contribution in [0.1, 0.15) is 27.8 Å². The SMILES string of the molecule is C=CCc1cc(/C=C2/NC(=O)N(Cc3ccc(C)cc3)C2=O)cc(OC)c1OCc1ccc(Cl)cc1Cl. The number of carbonyl (C=O) groups excluding carboxylic acids is 2. The molecule has 8 heteroatoms. The van der Waals surface area contributed by atoms with E-state index in [1.807, 2.05) is 37.3 Å². The lowest BCUT2D eigenvalue weighted by Crippen LogP contribution is -2.30. The average Bonchev–Trinajstić information content (AvgIpc) is 3.12. The molecule has 1 N–H and O–H groups in total. The Bertz CT molecular complexity index is 1380. The van der Waals surface area contributed by atoms with Crippen molar-refractivity contribution in [1.82, 2.24) is 10.2 Å². The van der Waals surface area contributed by atoms with Crippen molar-refractivity contribution in [2.24, 2.45) is 0 Å². The molecule has 0 bridgehead atoms. The standard InChI is InChI=1S/C29H26Cl2N2O4/c1-4-5-21-12-20(14-26(36-3)27(21)37-17-22-10-11-23(30)15-24(22)31)13-25-28(34)33(29(35)32-25)16-19-8-6-18(2)7-9-19/h4,6-15H,1,5,16-17H2,2-3H3,(H,32,35)/b25-13+. The largest absolute Gasteiger partial charge is 0.493 e. The van der Waals surface area contributed by atoms with Crippen LogP contribution in [0.4, 0.5) is 4.79 Å². The summed E-state index contributed by atoms with van der Waals surface area (Å²) in [6.07, 6.45) is 3.88. The number of benzene rings is 3. The maximum atomic E-state index is 13.0. The maximum absolute atomic E-state index is 13.0. The topological polar surface area (TPSA) is 67.9 Å². The number of halogens is 2. The van der Waals surface area contributed by atoms with E-state index in [1.165, 1.54) is 12.0 Å². The van der Waals surface area contributed by atoms with Gasteiger partial charge in [-0.05, 0) is 54.8 Å². The third kappa shape index (κ3) is 6.16. The molecule has 0 atom stereocenters. The van der Waals surface area contributed by atoms with Gasteiger partial charge >= 0.3 is 6.03 Å². The summed E-state index contributed by atoms with van der Waals surface area (Å²) in [5.74, 6) is 0.621. The van der Waals surface area contributed by atoms with Crippen LogP contribution in [0, 0.1) is 6.92 Å². The molecule has 1 aliphatic heterocycles. The number of hydrogen-bond acceptors (Lipinski definition) is 4. The highest BCUT2D eigenvalue weighted by Gasteiger charge is 2.33. The minimum atomic E-state index is -0.463. The van der Waals surface area contributed by atoms with Gasteiger partial charge in [0.05, 0.1) is 13.7 Å². The Hall–Kier alpha value is -3.74. The lowest BCUT2D eigenvalue weighted by molar-refractivity contribution is -0.123. The molecule has 190 valence electrons. The number of amides is 3. The number of imide groups is 1. The fourth-order valence-corrected chi connectivity index (χ4v) is 4.40. The molecule has 4 rings (SSSR count). The Balaban J connectivity index is 1.59. The van der Waals surface area contributed by atoms with Crippen molar-refractivity contribution < 1.29 is 19.1 Å². The van der Waals surface area contributed by atoms with E-state index in [4.69, 9.17) is 32.7 Å². The van der Waals surface area contributed by atoms with Crippen molar-refractivity contribution in [1.29, 1.82) is 0 Å². The first kappa shape index (κ1) is 26.3. The lowest BCUT2D eigenvalue weighted by Gasteiger charge is -2.16. The number of nitrogens with one attached hydrogen (secondary N) is 1. The van der Waals surface area contributed by atoms with E-state index >= 15 is 0 Å². The average molecular weight is 537 g/mol. The fraction of sp³-hybridized carbons (Fsp3) is 0.172. The second kappa shape index (κ2) is 11.5. The van der Waals surface area contributed by atoms with E-state index in [9.17, 15) is 9.59 Å². The Morgan fingerprint density at radius 3 is 2.46 bits per heavy atom. The molecule has 0 spiro atoms. The van der Waals surface area contributed by atoms with Crippen LogP contribution in [0.15, 0.2) is 72.9 Å². The van der Waals surface area contributed by atoms with Crippen molar-refractivity contribution in [3.05, 3.63) is 111 Å². The summed E-state index contributed by atoms with van der Waals surface area (Å²) >= 11 is 12.3. The Labute approximate surface area is 226 Å². The third-order valence-corrected chi connectivity index (χ3v) is 6.45. The summed E-state index contributed by atoms with van der Waals surface area (Å²) in [4.78, 5) is 26.8. The number of ether oxygens (including phenoxy) is 2. The summed E-state index contributed by atoms with van der Waals surface area (Å²) < 4.78 is 11.7. The number of nitrogens with zero attached hydrogens (tertiary/aromatic N) is 1. The first-order valence-corrected chi connectivity index (χ1v) is 12.3. The Kier molecular flexibility index (Phi) is 8.21. The first-order chi connectivity index (χ1) is 17.8. The van der Waals surface area contributed by atoms with E-state index in [2.05, 4.69) is 11.9 Å². The molecule has 0 aromatic heterocycles. The molecule has 1 heterocycles. The molecule has 0 saturated carbocycles. The van der Waals surface area contributed by atoms with Gasteiger partial charge in [-0.1, -0.05) is 65.2 Å². The molecular weight excluding hydrogens is 511 g/mol. The highest BCUT2D eigenvalue weighted by molar-refractivity contribution is 6.35. The van der Waals surface area contributed by atoms with E-state index in [0.717, 1.165) is 22.3 Å². The van der Waals surface area contributed by atoms with Crippen molar-refractivity contribution >= 4 is 41.2 Å². The van der Waals surface area contributed by atoms with Gasteiger partial charge in [0.15, 0.2) is 11.5 Å². The molecule has 6 nitrogen and oxygen atoms in total. The van der Waals surface area contributed by atoms with Crippen LogP contribution in [-0.2, 0) is 24.4 Å². The summed E-state index contributed by atoms with van der Waals surface area (Å²) in [6, 6.07) is 16.1. The van der Waals surface area contributed by atoms with E-state index in [-0.39, 0.29) is 18.8 Å². The molecule has 1 saturated heterocycles. The van der Waals surface area contributed by atoms with Crippen molar-refractivity contribution in [3.8, 4) is 11.5 Å². The van der Waals surface area contributed by atoms with Crippen LogP contribution >= 0.6 is 23.2 Å². The number of methoxy groups -OCH3 is 1. The van der Waals surface area contributed by atoms with Gasteiger partial charge in [0.2, 0.25) is 0 Å². The second-order valence-electron chi connectivity index (χ2n) is 8.59. The minimum absolute atomic E-state index is 0.185. The summed E-state index contributed by atoms with van der Waals surface area (Å²) in [5, 5.41) is 3.72. The molecule has 3 amide bonds. The van der Waals surface area contributed by atoms with Crippen LogP contribution in [0.2, 0.25) is 10.0 Å². The number of urea groups is 1. The number of rotatable bonds is 9. The maximum Gasteiger partial charge on any atom is 0.329 e. The van der Waals surface area contributed by atoms with Gasteiger partial charge in [0.25, 0.3) is 5.91 Å². The molecule has 37 heavy (non-hydrogen) atoms. The molecular formula is C29H26Cl2N2O4. The lowest BCUT2D eigenvalue weighted by atomic mass is 10.0. The van der Waals surface area contributed by atoms with E-state index in [0.29, 0.717) is 33.5 Å². The third-order valence-electron chi connectivity index (χ3n) is 5.86. The van der Waals surface area contributed by atoms with Gasteiger partial charge in [-0.25, -0.2) is 4.79 Å². The predicted molar refractivity (Wildman–Crippen MR) is 146 cm³/mol. The molecule has 0 radical (unpaired) electrons. The van der Waals surface area contributed by atoms with E-state index < -0.39 is 11.9 Å². The number of aryl methyl sites for hydroxylation is 1. The van der Waals surface area contributed by atoms with Crippen LogP contribution in [0.25, 0.3) is 6.08 Å². The minimum Gasteiger partial charge on any atom is -0.493 e. The van der Waals surface area contributed by atoms with Gasteiger partial charge in [-0.2, -0.15) is 0 Å². The molecule has 1 aliphatic rings. The van der Waals surface area contributed by atoms with Gasteiger partial charge < -0.3 is 14.8 Å². The molecule has 3 aromatic rings. The van der Waals surface area contributed by atoms with Crippen LogP contribution in [0.3, 0.4) is 0 Å². The zero-order valence-electron chi connectivity index (χ0n) is 20.5. The van der Waals surface area contributed by atoms with E-state index in [1.54, 1.807) is 36.4 Å². The van der Waals surface area contributed by atoms with Crippen LogP contribution in [-0.4, -0.2) is 23.9 Å². The van der Waals surface area contributed by atoms with Crippen molar-refractivity contribution in [2.45, 2.75) is 26.5 Å².